The first-order valence-corrected chi connectivity index (χ1v) is 19.1. The Balaban J connectivity index is 1.01. The lowest BCUT2D eigenvalue weighted by Crippen LogP contribution is -1.96. The molecule has 2 heteroatoms. The van der Waals surface area contributed by atoms with E-state index in [0.29, 0.717) is 5.82 Å². The molecule has 0 spiro atoms. The van der Waals surface area contributed by atoms with Crippen LogP contribution in [0.1, 0.15) is 0 Å². The molecular weight excluding hydrogens is 677 g/mol. The van der Waals surface area contributed by atoms with Crippen molar-refractivity contribution in [1.29, 1.82) is 0 Å². The molecule has 260 valence electrons. The predicted molar refractivity (Wildman–Crippen MR) is 234 cm³/mol. The molecule has 0 unspecified atom stereocenters. The average molecular weight is 711 g/mol. The number of hydrogen-bond acceptors (Lipinski definition) is 2. The van der Waals surface area contributed by atoms with Crippen LogP contribution in [0.5, 0.6) is 0 Å². The van der Waals surface area contributed by atoms with Crippen molar-refractivity contribution in [2.24, 2.45) is 0 Å². The van der Waals surface area contributed by atoms with E-state index in [1.807, 2.05) is 24.3 Å². The van der Waals surface area contributed by atoms with Gasteiger partial charge in [-0.3, -0.25) is 0 Å². The summed E-state index contributed by atoms with van der Waals surface area (Å²) >= 11 is 0. The maximum Gasteiger partial charge on any atom is 0.160 e. The summed E-state index contributed by atoms with van der Waals surface area (Å²) in [5.41, 5.74) is 17.4. The van der Waals surface area contributed by atoms with E-state index in [-0.39, 0.29) is 0 Å². The highest BCUT2D eigenvalue weighted by atomic mass is 14.9. The largest absolute Gasteiger partial charge is 0.228 e. The summed E-state index contributed by atoms with van der Waals surface area (Å²) in [6.45, 7) is 0. The molecule has 0 saturated heterocycles. The zero-order valence-corrected chi connectivity index (χ0v) is 30.5. The van der Waals surface area contributed by atoms with E-state index in [4.69, 9.17) is 9.97 Å². The molecule has 2 nitrogen and oxygen atoms in total. The lowest BCUT2D eigenvalue weighted by atomic mass is 9.88. The summed E-state index contributed by atoms with van der Waals surface area (Å²) in [6, 6.07) is 74.1. The van der Waals surface area contributed by atoms with Crippen LogP contribution in [0.2, 0.25) is 0 Å². The van der Waals surface area contributed by atoms with E-state index in [0.717, 1.165) is 33.6 Å². The van der Waals surface area contributed by atoms with Gasteiger partial charge >= 0.3 is 0 Å². The predicted octanol–water partition coefficient (Wildman–Crippen LogP) is 14.4. The van der Waals surface area contributed by atoms with Crippen LogP contribution in [0.15, 0.2) is 206 Å². The van der Waals surface area contributed by atoms with Crippen LogP contribution in [-0.2, 0) is 0 Å². The number of rotatable bonds is 6. The minimum absolute atomic E-state index is 0.715. The Hall–Kier alpha value is -7.42. The zero-order chi connectivity index (χ0) is 37.0. The quantitative estimate of drug-likeness (QED) is 0.172. The first-order valence-electron chi connectivity index (χ1n) is 19.1. The van der Waals surface area contributed by atoms with E-state index >= 15 is 0 Å². The molecule has 0 radical (unpaired) electrons. The fourth-order valence-corrected chi connectivity index (χ4v) is 8.54. The molecule has 1 heterocycles. The maximum absolute atomic E-state index is 5.09. The van der Waals surface area contributed by atoms with E-state index in [9.17, 15) is 0 Å². The van der Waals surface area contributed by atoms with Crippen LogP contribution < -0.4 is 0 Å². The van der Waals surface area contributed by atoms with Crippen LogP contribution in [0.25, 0.3) is 111 Å². The third-order valence-electron chi connectivity index (χ3n) is 11.2. The molecule has 10 aromatic rings. The Morgan fingerprint density at radius 1 is 0.268 bits per heavy atom. The fraction of sp³-hybridized carbons (Fsp3) is 0. The molecule has 11 rings (SSSR count). The van der Waals surface area contributed by atoms with Gasteiger partial charge in [0.05, 0.1) is 11.4 Å². The van der Waals surface area contributed by atoms with Crippen LogP contribution >= 0.6 is 0 Å². The summed E-state index contributed by atoms with van der Waals surface area (Å²) < 4.78 is 0. The van der Waals surface area contributed by atoms with Gasteiger partial charge in [0, 0.05) is 16.7 Å². The summed E-state index contributed by atoms with van der Waals surface area (Å²) in [7, 11) is 0. The van der Waals surface area contributed by atoms with Crippen molar-refractivity contribution in [3.05, 3.63) is 206 Å². The zero-order valence-electron chi connectivity index (χ0n) is 30.5. The van der Waals surface area contributed by atoms with Gasteiger partial charge in [-0.2, -0.15) is 0 Å². The molecule has 0 bridgehead atoms. The van der Waals surface area contributed by atoms with E-state index in [2.05, 4.69) is 182 Å². The lowest BCUT2D eigenvalue weighted by molar-refractivity contribution is 1.18. The van der Waals surface area contributed by atoms with Crippen molar-refractivity contribution < 1.29 is 0 Å². The van der Waals surface area contributed by atoms with Crippen LogP contribution in [0.3, 0.4) is 0 Å². The van der Waals surface area contributed by atoms with Gasteiger partial charge in [-0.1, -0.05) is 188 Å². The third kappa shape index (κ3) is 5.42. The standard InChI is InChI=1S/C54H34N2/c1-3-13-36(14-4-1)50-34-51(56-54(55-50)40-15-5-2-6-16-40)37-24-26-39(27-25-37)52-44-21-8-7-12-35(44)28-30-45(52)43-20-9-19-41(32-43)42-29-31-46-47-22-10-17-38-18-11-23-48(53(38)47)49(46)33-42/h1-34H. The number of fused-ring (bicyclic) bond motifs is 4. The Labute approximate surface area is 326 Å². The minimum atomic E-state index is 0.715. The molecule has 9 aromatic carbocycles. The van der Waals surface area contributed by atoms with E-state index in [1.54, 1.807) is 0 Å². The Bertz CT molecular complexity index is 3050. The second-order valence-electron chi connectivity index (χ2n) is 14.5. The van der Waals surface area contributed by atoms with Gasteiger partial charge in [0.15, 0.2) is 5.82 Å². The van der Waals surface area contributed by atoms with E-state index < -0.39 is 0 Å². The molecule has 0 saturated carbocycles. The monoisotopic (exact) mass is 710 g/mol. The Morgan fingerprint density at radius 3 is 1.57 bits per heavy atom. The lowest BCUT2D eigenvalue weighted by Gasteiger charge is -2.16. The SMILES string of the molecule is c1ccc(-c2cc(-c3ccc(-c4c(-c5cccc(-c6ccc7c(c6)-c6cccc8cccc-7c68)c5)ccc5ccccc45)cc3)nc(-c3ccccc3)n2)cc1. The van der Waals surface area contributed by atoms with Crippen molar-refractivity contribution in [1.82, 2.24) is 9.97 Å². The molecule has 0 atom stereocenters. The summed E-state index contributed by atoms with van der Waals surface area (Å²) in [5.74, 6) is 0.715. The van der Waals surface area contributed by atoms with Gasteiger partial charge in [-0.25, -0.2) is 9.97 Å². The Morgan fingerprint density at radius 2 is 0.804 bits per heavy atom. The number of aromatic nitrogens is 2. The van der Waals surface area contributed by atoms with Crippen LogP contribution in [0.4, 0.5) is 0 Å². The fourth-order valence-electron chi connectivity index (χ4n) is 8.54. The molecule has 56 heavy (non-hydrogen) atoms. The van der Waals surface area contributed by atoms with Crippen molar-refractivity contribution in [2.45, 2.75) is 0 Å². The smallest absolute Gasteiger partial charge is 0.160 e. The van der Waals surface area contributed by atoms with Crippen molar-refractivity contribution in [3.63, 3.8) is 0 Å². The normalized spacial score (nSPS) is 11.6. The number of nitrogens with zero attached hydrogens (tertiary/aromatic N) is 2. The maximum atomic E-state index is 5.09. The summed E-state index contributed by atoms with van der Waals surface area (Å²) in [5, 5.41) is 5.10. The van der Waals surface area contributed by atoms with Gasteiger partial charge in [-0.05, 0) is 95.4 Å². The van der Waals surface area contributed by atoms with Crippen molar-refractivity contribution in [2.75, 3.05) is 0 Å². The molecule has 0 N–H and O–H groups in total. The first-order chi connectivity index (χ1) is 27.7. The van der Waals surface area contributed by atoms with Gasteiger partial charge in [0.25, 0.3) is 0 Å². The molecule has 1 aliphatic rings. The molecule has 1 aliphatic carbocycles. The molecule has 0 fully saturated rings. The summed E-state index contributed by atoms with van der Waals surface area (Å²) in [4.78, 5) is 10.1. The molecular formula is C54H34N2. The second-order valence-corrected chi connectivity index (χ2v) is 14.5. The molecule has 1 aromatic heterocycles. The van der Waals surface area contributed by atoms with Crippen molar-refractivity contribution in [3.8, 4) is 89.5 Å². The second kappa shape index (κ2) is 13.2. The highest BCUT2D eigenvalue weighted by Crippen LogP contribution is 2.48. The van der Waals surface area contributed by atoms with Gasteiger partial charge in [-0.15, -0.1) is 0 Å². The topological polar surface area (TPSA) is 25.8 Å². The van der Waals surface area contributed by atoms with Crippen LogP contribution in [0, 0.1) is 0 Å². The van der Waals surface area contributed by atoms with Crippen LogP contribution in [-0.4, -0.2) is 9.97 Å². The Kier molecular flexibility index (Phi) is 7.53. The minimum Gasteiger partial charge on any atom is -0.228 e. The summed E-state index contributed by atoms with van der Waals surface area (Å²) in [6.07, 6.45) is 0. The van der Waals surface area contributed by atoms with Crippen molar-refractivity contribution >= 4 is 21.5 Å². The molecule has 0 aliphatic heterocycles. The van der Waals surface area contributed by atoms with Gasteiger partial charge in [0.2, 0.25) is 0 Å². The number of benzene rings is 9. The highest BCUT2D eigenvalue weighted by molar-refractivity contribution is 6.15. The highest BCUT2D eigenvalue weighted by Gasteiger charge is 2.22. The van der Waals surface area contributed by atoms with Gasteiger partial charge < -0.3 is 0 Å². The van der Waals surface area contributed by atoms with E-state index in [1.165, 1.54) is 71.6 Å². The number of hydrogen-bond donors (Lipinski definition) is 0. The van der Waals surface area contributed by atoms with Gasteiger partial charge in [0.1, 0.15) is 0 Å². The third-order valence-corrected chi connectivity index (χ3v) is 11.2. The first kappa shape index (κ1) is 32.0. The average Bonchev–Trinajstić information content (AvgIpc) is 3.60. The molecule has 0 amide bonds.